The first kappa shape index (κ1) is 15.3. The molecule has 2 aromatic rings. The van der Waals surface area contributed by atoms with Crippen molar-refractivity contribution in [1.29, 1.82) is 0 Å². The normalized spacial score (nSPS) is 11.8. The maximum atomic E-state index is 12.8. The number of hydrogen-bond acceptors (Lipinski definition) is 3. The monoisotopic (exact) mass is 308 g/mol. The summed E-state index contributed by atoms with van der Waals surface area (Å²) in [5, 5.41) is 0.585. The Morgan fingerprint density at radius 1 is 1.14 bits per heavy atom. The number of hydrogen-bond donors (Lipinski definition) is 0. The number of ether oxygens (including phenoxy) is 2. The molecule has 0 saturated heterocycles. The molecule has 0 aliphatic heterocycles. The summed E-state index contributed by atoms with van der Waals surface area (Å²) >= 11 is 5.83. The smallest absolute Gasteiger partial charge is 0.316 e. The average Bonchev–Trinajstić information content (AvgIpc) is 2.50. The van der Waals surface area contributed by atoms with Crippen LogP contribution in [0.25, 0.3) is 0 Å². The second-order valence-electron chi connectivity index (χ2n) is 4.39. The Morgan fingerprint density at radius 2 is 1.76 bits per heavy atom. The molecule has 0 aliphatic rings. The molecular weight excluding hydrogens is 295 g/mol. The van der Waals surface area contributed by atoms with Crippen molar-refractivity contribution < 1.29 is 18.7 Å². The van der Waals surface area contributed by atoms with Gasteiger partial charge in [0.2, 0.25) is 0 Å². The van der Waals surface area contributed by atoms with Crippen LogP contribution in [0.4, 0.5) is 4.39 Å². The van der Waals surface area contributed by atoms with Crippen molar-refractivity contribution in [2.24, 2.45) is 0 Å². The van der Waals surface area contributed by atoms with Crippen LogP contribution in [0.2, 0.25) is 5.02 Å². The maximum Gasteiger partial charge on any atom is 0.316 e. The van der Waals surface area contributed by atoms with Crippen molar-refractivity contribution in [3.63, 3.8) is 0 Å². The van der Waals surface area contributed by atoms with Gasteiger partial charge in [-0.2, -0.15) is 0 Å². The van der Waals surface area contributed by atoms with Crippen molar-refractivity contribution in [2.45, 2.75) is 5.92 Å². The van der Waals surface area contributed by atoms with Gasteiger partial charge < -0.3 is 9.47 Å². The summed E-state index contributed by atoms with van der Waals surface area (Å²) in [6.45, 7) is 0.0972. The third kappa shape index (κ3) is 4.20. The van der Waals surface area contributed by atoms with Gasteiger partial charge in [-0.1, -0.05) is 23.7 Å². The fraction of sp³-hybridized carbons (Fsp3) is 0.188. The molecule has 0 N–H and O–H groups in total. The maximum absolute atomic E-state index is 12.8. The summed E-state index contributed by atoms with van der Waals surface area (Å²) in [6.07, 6.45) is 0. The van der Waals surface area contributed by atoms with E-state index in [0.29, 0.717) is 10.8 Å². The van der Waals surface area contributed by atoms with Crippen LogP contribution in [0.5, 0.6) is 5.75 Å². The van der Waals surface area contributed by atoms with Crippen molar-refractivity contribution >= 4 is 17.6 Å². The first-order chi connectivity index (χ1) is 10.1. The van der Waals surface area contributed by atoms with Crippen LogP contribution in [-0.2, 0) is 9.53 Å². The van der Waals surface area contributed by atoms with Gasteiger partial charge in [-0.15, -0.1) is 0 Å². The van der Waals surface area contributed by atoms with E-state index >= 15 is 0 Å². The van der Waals surface area contributed by atoms with E-state index in [2.05, 4.69) is 0 Å². The van der Waals surface area contributed by atoms with E-state index in [1.54, 1.807) is 24.3 Å². The molecule has 0 bridgehead atoms. The average molecular weight is 309 g/mol. The Hall–Kier alpha value is -2.07. The number of methoxy groups -OCH3 is 1. The molecule has 0 amide bonds. The zero-order valence-electron chi connectivity index (χ0n) is 11.4. The van der Waals surface area contributed by atoms with Crippen LogP contribution >= 0.6 is 11.6 Å². The summed E-state index contributed by atoms with van der Waals surface area (Å²) in [6, 6.07) is 12.5. The van der Waals surface area contributed by atoms with E-state index in [1.165, 1.54) is 31.4 Å². The Balaban J connectivity index is 2.11. The van der Waals surface area contributed by atoms with Crippen molar-refractivity contribution in [2.75, 3.05) is 13.7 Å². The van der Waals surface area contributed by atoms with Crippen LogP contribution in [-0.4, -0.2) is 19.7 Å². The molecule has 0 radical (unpaired) electrons. The fourth-order valence-electron chi connectivity index (χ4n) is 1.85. The number of esters is 1. The summed E-state index contributed by atoms with van der Waals surface area (Å²) in [5.74, 6) is -0.833. The van der Waals surface area contributed by atoms with E-state index in [1.807, 2.05) is 0 Å². The molecule has 3 nitrogen and oxygen atoms in total. The molecular formula is C16H14ClFO3. The summed E-state index contributed by atoms with van der Waals surface area (Å²) in [4.78, 5) is 11.9. The van der Waals surface area contributed by atoms with Crippen LogP contribution < -0.4 is 4.74 Å². The minimum Gasteiger partial charge on any atom is -0.492 e. The molecule has 0 spiro atoms. The van der Waals surface area contributed by atoms with Crippen molar-refractivity contribution in [1.82, 2.24) is 0 Å². The van der Waals surface area contributed by atoms with Crippen LogP contribution in [0.15, 0.2) is 48.5 Å². The second kappa shape index (κ2) is 7.09. The number of carbonyl (C=O) groups excluding carboxylic acids is 1. The number of carbonyl (C=O) groups is 1. The van der Waals surface area contributed by atoms with Gasteiger partial charge in [0.25, 0.3) is 0 Å². The van der Waals surface area contributed by atoms with Gasteiger partial charge in [0, 0.05) is 5.02 Å². The van der Waals surface area contributed by atoms with Crippen LogP contribution in [0.1, 0.15) is 11.5 Å². The van der Waals surface area contributed by atoms with Gasteiger partial charge in [-0.25, -0.2) is 4.39 Å². The lowest BCUT2D eigenvalue weighted by Gasteiger charge is -2.16. The third-order valence-corrected chi connectivity index (χ3v) is 3.24. The van der Waals surface area contributed by atoms with E-state index in [9.17, 15) is 9.18 Å². The Morgan fingerprint density at radius 3 is 2.33 bits per heavy atom. The molecule has 2 aromatic carbocycles. The van der Waals surface area contributed by atoms with E-state index < -0.39 is 11.9 Å². The van der Waals surface area contributed by atoms with Crippen molar-refractivity contribution in [3.05, 3.63) is 64.9 Å². The van der Waals surface area contributed by atoms with Gasteiger partial charge >= 0.3 is 5.97 Å². The van der Waals surface area contributed by atoms with Gasteiger partial charge in [0.1, 0.15) is 24.1 Å². The Kier molecular flexibility index (Phi) is 5.17. The molecule has 2 rings (SSSR count). The molecule has 1 atom stereocenters. The molecule has 0 aromatic heterocycles. The summed E-state index contributed by atoms with van der Waals surface area (Å²) < 4.78 is 23.2. The molecule has 5 heteroatoms. The highest BCUT2D eigenvalue weighted by molar-refractivity contribution is 6.30. The van der Waals surface area contributed by atoms with Crippen molar-refractivity contribution in [3.8, 4) is 5.75 Å². The molecule has 21 heavy (non-hydrogen) atoms. The molecule has 0 aliphatic carbocycles. The first-order valence-corrected chi connectivity index (χ1v) is 6.69. The molecule has 0 heterocycles. The Bertz CT molecular complexity index is 596. The van der Waals surface area contributed by atoms with E-state index in [-0.39, 0.29) is 12.4 Å². The third-order valence-electron chi connectivity index (χ3n) is 2.99. The minimum absolute atomic E-state index is 0.0972. The SMILES string of the molecule is COC(=O)C(COc1ccc(F)cc1)c1ccc(Cl)cc1. The van der Waals surface area contributed by atoms with E-state index in [0.717, 1.165) is 5.56 Å². The highest BCUT2D eigenvalue weighted by Crippen LogP contribution is 2.22. The predicted octanol–water partition coefficient (Wildman–Crippen LogP) is 3.81. The molecule has 0 saturated carbocycles. The number of benzene rings is 2. The van der Waals surface area contributed by atoms with Gasteiger partial charge in [0.15, 0.2) is 0 Å². The largest absolute Gasteiger partial charge is 0.492 e. The number of rotatable bonds is 5. The lowest BCUT2D eigenvalue weighted by atomic mass is 10.0. The highest BCUT2D eigenvalue weighted by atomic mass is 35.5. The molecule has 0 fully saturated rings. The summed E-state index contributed by atoms with van der Waals surface area (Å²) in [7, 11) is 1.32. The van der Waals surface area contributed by atoms with E-state index in [4.69, 9.17) is 21.1 Å². The first-order valence-electron chi connectivity index (χ1n) is 6.32. The quantitative estimate of drug-likeness (QED) is 0.788. The summed E-state index contributed by atoms with van der Waals surface area (Å²) in [5.41, 5.74) is 0.744. The fourth-order valence-corrected chi connectivity index (χ4v) is 1.97. The van der Waals surface area contributed by atoms with Crippen LogP contribution in [0.3, 0.4) is 0 Å². The lowest BCUT2D eigenvalue weighted by Crippen LogP contribution is -2.21. The van der Waals surface area contributed by atoms with Gasteiger partial charge in [-0.3, -0.25) is 4.79 Å². The Labute approximate surface area is 127 Å². The predicted molar refractivity (Wildman–Crippen MR) is 78.1 cm³/mol. The standard InChI is InChI=1S/C16H14ClFO3/c1-20-16(19)15(11-2-4-12(17)5-3-11)10-21-14-8-6-13(18)7-9-14/h2-9,15H,10H2,1H3. The zero-order valence-corrected chi connectivity index (χ0v) is 12.1. The van der Waals surface area contributed by atoms with Gasteiger partial charge in [0.05, 0.1) is 7.11 Å². The van der Waals surface area contributed by atoms with Crippen LogP contribution in [0, 0.1) is 5.82 Å². The topological polar surface area (TPSA) is 35.5 Å². The molecule has 1 unspecified atom stereocenters. The lowest BCUT2D eigenvalue weighted by molar-refractivity contribution is -0.143. The molecule has 110 valence electrons. The minimum atomic E-state index is -0.572. The number of halogens is 2. The zero-order chi connectivity index (χ0) is 15.2. The highest BCUT2D eigenvalue weighted by Gasteiger charge is 2.22. The van der Waals surface area contributed by atoms with Gasteiger partial charge in [-0.05, 0) is 42.0 Å². The second-order valence-corrected chi connectivity index (χ2v) is 4.83.